The van der Waals surface area contributed by atoms with Crippen LogP contribution in [0.15, 0.2) is 0 Å². The van der Waals surface area contributed by atoms with Crippen LogP contribution in [-0.2, 0) is 29.2 Å². The van der Waals surface area contributed by atoms with Crippen LogP contribution in [0.25, 0.3) is 0 Å². The lowest BCUT2D eigenvalue weighted by atomic mass is 10.1. The van der Waals surface area contributed by atoms with E-state index in [9.17, 15) is 22.8 Å². The molecule has 0 aliphatic carbocycles. The monoisotopic (exact) mass is 457 g/mol. The molecule has 0 saturated carbocycles. The summed E-state index contributed by atoms with van der Waals surface area (Å²) < 4.78 is 35.6. The zero-order valence-electron chi connectivity index (χ0n) is 17.9. The number of rotatable bonds is 17. The molecular formula is C18H39N3O8S. The first-order valence-corrected chi connectivity index (χ1v) is 11.3. The Hall–Kier alpha value is -1.76. The summed E-state index contributed by atoms with van der Waals surface area (Å²) in [5, 5.41) is 8.94. The van der Waals surface area contributed by atoms with Gasteiger partial charge in [0.05, 0.1) is 13.0 Å². The predicted octanol–water partition coefficient (Wildman–Crippen LogP) is 2.62. The molecule has 0 aliphatic heterocycles. The number of carbonyl (C=O) groups excluding carboxylic acids is 2. The van der Waals surface area contributed by atoms with Gasteiger partial charge in [0.15, 0.2) is 5.25 Å². The highest BCUT2D eigenvalue weighted by Gasteiger charge is 2.34. The minimum Gasteiger partial charge on any atom is -0.481 e. The number of amides is 1. The maximum absolute atomic E-state index is 11.7. The van der Waals surface area contributed by atoms with Crippen molar-refractivity contribution in [3.05, 3.63) is 0 Å². The molecule has 0 fully saturated rings. The van der Waals surface area contributed by atoms with Crippen molar-refractivity contribution in [2.45, 2.75) is 82.8 Å². The van der Waals surface area contributed by atoms with Gasteiger partial charge in [0.25, 0.3) is 10.1 Å². The number of esters is 1. The van der Waals surface area contributed by atoms with Crippen LogP contribution in [0.2, 0.25) is 0 Å². The van der Waals surface area contributed by atoms with Crippen LogP contribution >= 0.6 is 0 Å². The molecule has 1 amide bonds. The van der Waals surface area contributed by atoms with Crippen molar-refractivity contribution in [1.82, 2.24) is 17.6 Å². The van der Waals surface area contributed by atoms with E-state index < -0.39 is 33.7 Å². The van der Waals surface area contributed by atoms with Gasteiger partial charge in [-0.2, -0.15) is 8.42 Å². The summed E-state index contributed by atoms with van der Waals surface area (Å²) in [6.45, 7) is 1.85. The fourth-order valence-corrected chi connectivity index (χ4v) is 3.25. The third-order valence-electron chi connectivity index (χ3n) is 4.16. The Kier molecular flexibility index (Phi) is 21.1. The van der Waals surface area contributed by atoms with Crippen LogP contribution in [-0.4, -0.2) is 54.3 Å². The van der Waals surface area contributed by atoms with Crippen LogP contribution in [0.1, 0.15) is 77.6 Å². The number of carboxylic acids is 1. The zero-order chi connectivity index (χ0) is 21.4. The summed E-state index contributed by atoms with van der Waals surface area (Å²) in [7, 11) is -4.88. The summed E-state index contributed by atoms with van der Waals surface area (Å²) in [4.78, 5) is 33.8. The summed E-state index contributed by atoms with van der Waals surface area (Å²) in [5.41, 5.74) is 0. The van der Waals surface area contributed by atoms with Crippen LogP contribution in [0, 0.1) is 0 Å². The Morgan fingerprint density at radius 2 is 1.43 bits per heavy atom. The highest BCUT2D eigenvalue weighted by Crippen LogP contribution is 2.10. The van der Waals surface area contributed by atoms with E-state index in [2.05, 4.69) is 17.0 Å². The highest BCUT2D eigenvalue weighted by atomic mass is 32.2. The lowest BCUT2D eigenvalue weighted by Gasteiger charge is -2.12. The highest BCUT2D eigenvalue weighted by molar-refractivity contribution is 7.87. The average Bonchev–Trinajstić information content (AvgIpc) is 2.60. The molecule has 1 atom stereocenters. The molecule has 9 N–H and O–H groups in total. The summed E-state index contributed by atoms with van der Waals surface area (Å²) in [6.07, 6.45) is 9.56. The van der Waals surface area contributed by atoms with Gasteiger partial charge in [-0.1, -0.05) is 58.3 Å². The Labute approximate surface area is 179 Å². The first kappa shape index (κ1) is 32.9. The normalized spacial score (nSPS) is 11.5. The molecule has 0 aromatic carbocycles. The molecule has 30 heavy (non-hydrogen) atoms. The third kappa shape index (κ3) is 18.3. The largest absolute Gasteiger partial charge is 0.481 e. The number of hydrogen-bond acceptors (Lipinski definition) is 8. The molecule has 0 aliphatic rings. The molecule has 0 bridgehead atoms. The van der Waals surface area contributed by atoms with E-state index in [-0.39, 0.29) is 31.4 Å². The van der Waals surface area contributed by atoms with Gasteiger partial charge in [-0.15, -0.1) is 0 Å². The van der Waals surface area contributed by atoms with Gasteiger partial charge in [0, 0.05) is 6.42 Å². The minimum atomic E-state index is -4.88. The number of carboxylic acid groups (broad SMARTS) is 1. The van der Waals surface area contributed by atoms with Gasteiger partial charge in [0.1, 0.15) is 6.61 Å². The molecule has 0 radical (unpaired) electrons. The first-order valence-electron chi connectivity index (χ1n) is 9.80. The average molecular weight is 458 g/mol. The SMILES string of the molecule is CCCCCCCCCCCC(=O)NCCOC(=O)C(CC(=O)O)S(=O)(=O)O.N.N. The van der Waals surface area contributed by atoms with Crippen molar-refractivity contribution < 1.29 is 37.2 Å². The third-order valence-corrected chi connectivity index (χ3v) is 5.24. The second kappa shape index (κ2) is 19.2. The lowest BCUT2D eigenvalue weighted by Crippen LogP contribution is -2.36. The Balaban J connectivity index is -0.00000364. The molecule has 0 heterocycles. The van der Waals surface area contributed by atoms with Gasteiger partial charge in [0.2, 0.25) is 5.91 Å². The number of unbranched alkanes of at least 4 members (excludes halogenated alkanes) is 8. The van der Waals surface area contributed by atoms with E-state index in [0.717, 1.165) is 19.3 Å². The molecule has 0 rings (SSSR count). The summed E-state index contributed by atoms with van der Waals surface area (Å²) in [5.74, 6) is -3.12. The molecule has 12 heteroatoms. The fraction of sp³-hybridized carbons (Fsp3) is 0.833. The van der Waals surface area contributed by atoms with Crippen LogP contribution in [0.3, 0.4) is 0 Å². The van der Waals surface area contributed by atoms with E-state index in [4.69, 9.17) is 9.66 Å². The van der Waals surface area contributed by atoms with Gasteiger partial charge < -0.3 is 27.5 Å². The number of aliphatic carboxylic acids is 1. The number of nitrogens with one attached hydrogen (secondary N) is 1. The molecule has 1 unspecified atom stereocenters. The Bertz CT molecular complexity index is 584. The molecule has 11 nitrogen and oxygen atoms in total. The van der Waals surface area contributed by atoms with Crippen LogP contribution in [0.4, 0.5) is 0 Å². The molecular weight excluding hydrogens is 418 g/mol. The molecule has 0 aromatic rings. The first-order chi connectivity index (χ1) is 13.2. The van der Waals surface area contributed by atoms with Crippen LogP contribution in [0.5, 0.6) is 0 Å². The molecule has 0 spiro atoms. The van der Waals surface area contributed by atoms with Crippen molar-refractivity contribution in [2.75, 3.05) is 13.2 Å². The van der Waals surface area contributed by atoms with E-state index in [1.165, 1.54) is 38.5 Å². The van der Waals surface area contributed by atoms with Crippen molar-refractivity contribution >= 4 is 28.0 Å². The van der Waals surface area contributed by atoms with Gasteiger partial charge in [-0.3, -0.25) is 18.9 Å². The van der Waals surface area contributed by atoms with Crippen LogP contribution < -0.4 is 17.6 Å². The van der Waals surface area contributed by atoms with E-state index in [0.29, 0.717) is 6.42 Å². The maximum atomic E-state index is 11.7. The number of ether oxygens (including phenoxy) is 1. The Morgan fingerprint density at radius 1 is 0.933 bits per heavy atom. The van der Waals surface area contributed by atoms with E-state index >= 15 is 0 Å². The van der Waals surface area contributed by atoms with Crippen molar-refractivity contribution in [2.24, 2.45) is 0 Å². The standard InChI is InChI=1S/C18H33NO8S.2H3N/c1-2-3-4-5-6-7-8-9-10-11-16(20)19-12-13-27-18(23)15(14-17(21)22)28(24,25)26;;/h15H,2-14H2,1H3,(H,19,20)(H,21,22)(H,24,25,26);2*1H3. The fourth-order valence-electron chi connectivity index (χ4n) is 2.59. The van der Waals surface area contributed by atoms with Crippen molar-refractivity contribution in [3.63, 3.8) is 0 Å². The van der Waals surface area contributed by atoms with Crippen molar-refractivity contribution in [1.29, 1.82) is 0 Å². The maximum Gasteiger partial charge on any atom is 0.327 e. The minimum absolute atomic E-state index is 0. The quantitative estimate of drug-likeness (QED) is 0.122. The zero-order valence-corrected chi connectivity index (χ0v) is 18.8. The second-order valence-electron chi connectivity index (χ2n) is 6.70. The summed E-state index contributed by atoms with van der Waals surface area (Å²) >= 11 is 0. The Morgan fingerprint density at radius 3 is 1.90 bits per heavy atom. The van der Waals surface area contributed by atoms with Crippen molar-refractivity contribution in [3.8, 4) is 0 Å². The smallest absolute Gasteiger partial charge is 0.327 e. The number of hydrogen-bond donors (Lipinski definition) is 5. The van der Waals surface area contributed by atoms with Gasteiger partial charge in [-0.25, -0.2) is 0 Å². The van der Waals surface area contributed by atoms with E-state index in [1.54, 1.807) is 0 Å². The van der Waals surface area contributed by atoms with E-state index in [1.807, 2.05) is 0 Å². The lowest BCUT2D eigenvalue weighted by molar-refractivity contribution is -0.147. The second-order valence-corrected chi connectivity index (χ2v) is 8.30. The van der Waals surface area contributed by atoms with Gasteiger partial charge in [-0.05, 0) is 6.42 Å². The molecule has 0 aromatic heterocycles. The van der Waals surface area contributed by atoms with Gasteiger partial charge >= 0.3 is 11.9 Å². The molecule has 180 valence electrons. The molecule has 0 saturated heterocycles. The number of carbonyl (C=O) groups is 3. The predicted molar refractivity (Wildman–Crippen MR) is 113 cm³/mol. The summed E-state index contributed by atoms with van der Waals surface area (Å²) in [6, 6.07) is 0. The topological polar surface area (TPSA) is 217 Å².